The zero-order valence-corrected chi connectivity index (χ0v) is 12.5. The highest BCUT2D eigenvalue weighted by Crippen LogP contribution is 2.28. The smallest absolute Gasteiger partial charge is 0.209 e. The molecule has 114 valence electrons. The lowest BCUT2D eigenvalue weighted by Crippen LogP contribution is -2.35. The Bertz CT molecular complexity index is 567. The van der Waals surface area contributed by atoms with Gasteiger partial charge in [0.2, 0.25) is 10.0 Å². The number of hydrogen-bond donors (Lipinski definition) is 1. The van der Waals surface area contributed by atoms with E-state index in [9.17, 15) is 17.2 Å². The third-order valence-electron chi connectivity index (χ3n) is 3.00. The van der Waals surface area contributed by atoms with E-state index < -0.39 is 21.7 Å². The van der Waals surface area contributed by atoms with E-state index in [0.29, 0.717) is 0 Å². The first-order valence-electron chi connectivity index (χ1n) is 6.07. The van der Waals surface area contributed by atoms with Crippen molar-refractivity contribution in [3.05, 3.63) is 29.8 Å². The SMILES string of the molecule is CC(C)(C)C(COc1ccc(F)c(F)c1)CS(N)(=O)=O. The molecule has 7 heteroatoms. The number of halogens is 2. The summed E-state index contributed by atoms with van der Waals surface area (Å²) in [6.45, 7) is 5.62. The van der Waals surface area contributed by atoms with Crippen molar-refractivity contribution in [2.75, 3.05) is 12.4 Å². The molecule has 1 unspecified atom stereocenters. The van der Waals surface area contributed by atoms with E-state index in [1.807, 2.05) is 20.8 Å². The summed E-state index contributed by atoms with van der Waals surface area (Å²) in [7, 11) is -3.64. The minimum absolute atomic E-state index is 0.0466. The number of nitrogens with two attached hydrogens (primary N) is 1. The van der Waals surface area contributed by atoms with Gasteiger partial charge in [0.25, 0.3) is 0 Å². The summed E-state index contributed by atoms with van der Waals surface area (Å²) >= 11 is 0. The number of rotatable bonds is 5. The second-order valence-corrected chi connectivity index (χ2v) is 7.44. The average Bonchev–Trinajstić information content (AvgIpc) is 2.26. The van der Waals surface area contributed by atoms with Crippen LogP contribution in [0, 0.1) is 23.0 Å². The molecule has 1 aromatic carbocycles. The Hall–Kier alpha value is -1.21. The Labute approximate surface area is 118 Å². The quantitative estimate of drug-likeness (QED) is 0.907. The number of benzene rings is 1. The Morgan fingerprint density at radius 2 is 1.85 bits per heavy atom. The molecular weight excluding hydrogens is 288 g/mol. The molecule has 0 bridgehead atoms. The molecule has 0 saturated heterocycles. The summed E-state index contributed by atoms with van der Waals surface area (Å²) in [5.41, 5.74) is -0.356. The van der Waals surface area contributed by atoms with Gasteiger partial charge in [-0.1, -0.05) is 20.8 Å². The van der Waals surface area contributed by atoms with Crippen LogP contribution < -0.4 is 9.88 Å². The van der Waals surface area contributed by atoms with Gasteiger partial charge in [0, 0.05) is 12.0 Å². The van der Waals surface area contributed by atoms with Gasteiger partial charge in [-0.05, 0) is 17.5 Å². The number of primary sulfonamides is 1. The first kappa shape index (κ1) is 16.8. The number of sulfonamides is 1. The van der Waals surface area contributed by atoms with Crippen LogP contribution in [0.15, 0.2) is 18.2 Å². The van der Waals surface area contributed by atoms with Gasteiger partial charge in [0.1, 0.15) is 5.75 Å². The highest BCUT2D eigenvalue weighted by atomic mass is 32.2. The van der Waals surface area contributed by atoms with Gasteiger partial charge < -0.3 is 4.74 Å². The van der Waals surface area contributed by atoms with Crippen LogP contribution in [0.5, 0.6) is 5.75 Å². The molecular formula is C13H19F2NO3S. The molecule has 0 spiro atoms. The molecule has 20 heavy (non-hydrogen) atoms. The van der Waals surface area contributed by atoms with Gasteiger partial charge in [-0.25, -0.2) is 22.3 Å². The molecule has 0 aliphatic carbocycles. The molecule has 0 aliphatic heterocycles. The zero-order chi connectivity index (χ0) is 15.6. The van der Waals surface area contributed by atoms with E-state index in [1.54, 1.807) is 0 Å². The second-order valence-electron chi connectivity index (χ2n) is 5.78. The molecule has 0 amide bonds. The predicted molar refractivity (Wildman–Crippen MR) is 72.8 cm³/mol. The fourth-order valence-electron chi connectivity index (χ4n) is 1.59. The van der Waals surface area contributed by atoms with Crippen molar-refractivity contribution in [1.29, 1.82) is 0 Å². The topological polar surface area (TPSA) is 69.4 Å². The van der Waals surface area contributed by atoms with Crippen LogP contribution in [0.2, 0.25) is 0 Å². The Balaban J connectivity index is 2.78. The predicted octanol–water partition coefficient (Wildman–Crippen LogP) is 2.29. The van der Waals surface area contributed by atoms with E-state index in [1.165, 1.54) is 6.07 Å². The summed E-state index contributed by atoms with van der Waals surface area (Å²) in [6.07, 6.45) is 0. The molecule has 4 nitrogen and oxygen atoms in total. The van der Waals surface area contributed by atoms with Crippen molar-refractivity contribution >= 4 is 10.0 Å². The van der Waals surface area contributed by atoms with Crippen LogP contribution >= 0.6 is 0 Å². The molecule has 0 aliphatic rings. The summed E-state index contributed by atoms with van der Waals surface area (Å²) in [5.74, 6) is -2.44. The van der Waals surface area contributed by atoms with Crippen molar-refractivity contribution < 1.29 is 21.9 Å². The zero-order valence-electron chi connectivity index (χ0n) is 11.7. The first-order chi connectivity index (χ1) is 8.99. The van der Waals surface area contributed by atoms with Crippen LogP contribution in [0.3, 0.4) is 0 Å². The van der Waals surface area contributed by atoms with Gasteiger partial charge in [0.05, 0.1) is 12.4 Å². The highest BCUT2D eigenvalue weighted by molar-refractivity contribution is 7.89. The normalized spacial score (nSPS) is 14.1. The van der Waals surface area contributed by atoms with Crippen LogP contribution in [0.4, 0.5) is 8.78 Å². The lowest BCUT2D eigenvalue weighted by Gasteiger charge is -2.29. The highest BCUT2D eigenvalue weighted by Gasteiger charge is 2.29. The lowest BCUT2D eigenvalue weighted by atomic mass is 9.82. The molecule has 1 atom stereocenters. The van der Waals surface area contributed by atoms with Gasteiger partial charge in [-0.15, -0.1) is 0 Å². The molecule has 0 radical (unpaired) electrons. The minimum atomic E-state index is -3.64. The minimum Gasteiger partial charge on any atom is -0.493 e. The van der Waals surface area contributed by atoms with Gasteiger partial charge in [0.15, 0.2) is 11.6 Å². The maximum absolute atomic E-state index is 13.0. The first-order valence-corrected chi connectivity index (χ1v) is 7.79. The molecule has 0 fully saturated rings. The van der Waals surface area contributed by atoms with Crippen molar-refractivity contribution in [2.24, 2.45) is 16.5 Å². The van der Waals surface area contributed by atoms with Crippen molar-refractivity contribution in [3.8, 4) is 5.75 Å². The van der Waals surface area contributed by atoms with E-state index in [-0.39, 0.29) is 29.4 Å². The molecule has 0 aromatic heterocycles. The average molecular weight is 307 g/mol. The monoisotopic (exact) mass is 307 g/mol. The fraction of sp³-hybridized carbons (Fsp3) is 0.538. The van der Waals surface area contributed by atoms with E-state index in [4.69, 9.17) is 9.88 Å². The lowest BCUT2D eigenvalue weighted by molar-refractivity contribution is 0.162. The maximum atomic E-state index is 13.0. The third-order valence-corrected chi connectivity index (χ3v) is 3.87. The molecule has 1 aromatic rings. The summed E-state index contributed by atoms with van der Waals surface area (Å²) in [5, 5.41) is 5.05. The Morgan fingerprint density at radius 1 is 1.25 bits per heavy atom. The number of ether oxygens (including phenoxy) is 1. The standard InChI is InChI=1S/C13H19F2NO3S/c1-13(2,3)9(8-20(16,17)18)7-19-10-4-5-11(14)12(15)6-10/h4-6,9H,7-8H2,1-3H3,(H2,16,17,18). The molecule has 1 rings (SSSR count). The summed E-state index contributed by atoms with van der Waals surface area (Å²) in [4.78, 5) is 0. The molecule has 2 N–H and O–H groups in total. The van der Waals surface area contributed by atoms with E-state index in [2.05, 4.69) is 0 Å². The fourth-order valence-corrected chi connectivity index (χ4v) is 2.75. The number of hydrogen-bond acceptors (Lipinski definition) is 3. The maximum Gasteiger partial charge on any atom is 0.209 e. The van der Waals surface area contributed by atoms with Crippen molar-refractivity contribution in [1.82, 2.24) is 0 Å². The Morgan fingerprint density at radius 3 is 2.30 bits per heavy atom. The van der Waals surface area contributed by atoms with Gasteiger partial charge in [-0.2, -0.15) is 0 Å². The van der Waals surface area contributed by atoms with Crippen molar-refractivity contribution in [3.63, 3.8) is 0 Å². The van der Waals surface area contributed by atoms with Gasteiger partial charge >= 0.3 is 0 Å². The van der Waals surface area contributed by atoms with Crippen molar-refractivity contribution in [2.45, 2.75) is 20.8 Å². The van der Waals surface area contributed by atoms with Crippen LogP contribution in [-0.4, -0.2) is 20.8 Å². The van der Waals surface area contributed by atoms with Crippen LogP contribution in [0.1, 0.15) is 20.8 Å². The summed E-state index contributed by atoms with van der Waals surface area (Å²) < 4.78 is 53.6. The van der Waals surface area contributed by atoms with Gasteiger partial charge in [-0.3, -0.25) is 0 Å². The van der Waals surface area contributed by atoms with E-state index in [0.717, 1.165) is 12.1 Å². The van der Waals surface area contributed by atoms with Crippen LogP contribution in [0.25, 0.3) is 0 Å². The van der Waals surface area contributed by atoms with Crippen LogP contribution in [-0.2, 0) is 10.0 Å². The summed E-state index contributed by atoms with van der Waals surface area (Å²) in [6, 6.07) is 3.16. The van der Waals surface area contributed by atoms with E-state index >= 15 is 0 Å². The second kappa shape index (κ2) is 6.05. The largest absolute Gasteiger partial charge is 0.493 e. The Kier molecular flexibility index (Phi) is 5.10. The molecule has 0 heterocycles. The molecule has 0 saturated carbocycles. The third kappa shape index (κ3) is 5.42.